The van der Waals surface area contributed by atoms with E-state index < -0.39 is 0 Å². The number of hydrogen-bond acceptors (Lipinski definition) is 4. The Bertz CT molecular complexity index is 713. The van der Waals surface area contributed by atoms with Crippen LogP contribution in [0.2, 0.25) is 0 Å². The number of aromatic nitrogens is 2. The van der Waals surface area contributed by atoms with Gasteiger partial charge in [0, 0.05) is 10.9 Å². The Kier molecular flexibility index (Phi) is 2.79. The van der Waals surface area contributed by atoms with Crippen LogP contribution >= 0.6 is 0 Å². The number of hydrogen-bond donors (Lipinski definition) is 0. The molecule has 0 fully saturated rings. The van der Waals surface area contributed by atoms with Gasteiger partial charge in [0.25, 0.3) is 0 Å². The average molecular weight is 256 g/mol. The monoisotopic (exact) mass is 256 g/mol. The van der Waals surface area contributed by atoms with Crippen LogP contribution < -0.4 is 0 Å². The minimum atomic E-state index is -0.311. The Morgan fingerprint density at radius 1 is 1.42 bits per heavy atom. The predicted molar refractivity (Wildman–Crippen MR) is 69.5 cm³/mol. The summed E-state index contributed by atoms with van der Waals surface area (Å²) in [6, 6.07) is 9.75. The van der Waals surface area contributed by atoms with Gasteiger partial charge in [-0.1, -0.05) is 18.2 Å². The molecule has 5 heteroatoms. The van der Waals surface area contributed by atoms with Crippen molar-refractivity contribution in [2.24, 2.45) is 0 Å². The summed E-state index contributed by atoms with van der Waals surface area (Å²) in [4.78, 5) is 15.7. The molecule has 0 bridgehead atoms. The van der Waals surface area contributed by atoms with Gasteiger partial charge in [0.2, 0.25) is 5.89 Å². The summed E-state index contributed by atoms with van der Waals surface area (Å²) >= 11 is 0. The molecule has 19 heavy (non-hydrogen) atoms. The number of para-hydroxylation sites is 1. The van der Waals surface area contributed by atoms with Crippen molar-refractivity contribution >= 4 is 16.9 Å². The molecule has 0 aliphatic carbocycles. The highest BCUT2D eigenvalue weighted by molar-refractivity contribution is 5.87. The molecule has 1 aromatic carbocycles. The van der Waals surface area contributed by atoms with Crippen LogP contribution in [0.1, 0.15) is 0 Å². The minimum Gasteiger partial charge on any atom is -0.468 e. The number of rotatable bonds is 3. The van der Waals surface area contributed by atoms with Crippen molar-refractivity contribution < 1.29 is 13.9 Å². The number of oxazole rings is 1. The molecule has 0 saturated heterocycles. The van der Waals surface area contributed by atoms with Crippen LogP contribution in [0.4, 0.5) is 0 Å². The van der Waals surface area contributed by atoms with Crippen molar-refractivity contribution in [3.63, 3.8) is 0 Å². The first kappa shape index (κ1) is 11.5. The van der Waals surface area contributed by atoms with Crippen molar-refractivity contribution in [3.05, 3.63) is 42.8 Å². The molecule has 5 nitrogen and oxygen atoms in total. The van der Waals surface area contributed by atoms with Crippen LogP contribution in [0.3, 0.4) is 0 Å². The molecule has 0 N–H and O–H groups in total. The highest BCUT2D eigenvalue weighted by atomic mass is 16.5. The van der Waals surface area contributed by atoms with Crippen LogP contribution in [0.5, 0.6) is 0 Å². The van der Waals surface area contributed by atoms with Crippen LogP contribution in [0.15, 0.2) is 47.2 Å². The van der Waals surface area contributed by atoms with Crippen LogP contribution in [0, 0.1) is 0 Å². The Labute approximate surface area is 109 Å². The van der Waals surface area contributed by atoms with Gasteiger partial charge in [0.1, 0.15) is 18.5 Å². The maximum absolute atomic E-state index is 11.6. The molecule has 0 atom stereocenters. The van der Waals surface area contributed by atoms with Crippen molar-refractivity contribution in [3.8, 4) is 11.6 Å². The van der Waals surface area contributed by atoms with Crippen LogP contribution in [0.25, 0.3) is 22.5 Å². The number of benzene rings is 1. The second-order valence-corrected chi connectivity index (χ2v) is 4.09. The van der Waals surface area contributed by atoms with Gasteiger partial charge in [0.15, 0.2) is 0 Å². The lowest BCUT2D eigenvalue weighted by Crippen LogP contribution is -2.12. The highest BCUT2D eigenvalue weighted by Crippen LogP contribution is 2.27. The third-order valence-electron chi connectivity index (χ3n) is 2.98. The molecule has 0 saturated carbocycles. The van der Waals surface area contributed by atoms with Gasteiger partial charge >= 0.3 is 5.97 Å². The standard InChI is InChI=1S/C14H12N2O3/c1-18-13(17)9-16-11-5-3-2-4-10(11)8-12(16)14-15-6-7-19-14/h2-8H,9H2,1H3. The maximum atomic E-state index is 11.6. The number of carbonyl (C=O) groups is 1. The molecule has 0 radical (unpaired) electrons. The average Bonchev–Trinajstić information content (AvgIpc) is 3.06. The molecule has 3 rings (SSSR count). The maximum Gasteiger partial charge on any atom is 0.325 e. The van der Waals surface area contributed by atoms with Crippen LogP contribution in [-0.2, 0) is 16.1 Å². The fraction of sp³-hybridized carbons (Fsp3) is 0.143. The van der Waals surface area contributed by atoms with E-state index in [9.17, 15) is 4.79 Å². The lowest BCUT2D eigenvalue weighted by atomic mass is 10.2. The number of carbonyl (C=O) groups excluding carboxylic acids is 1. The molecule has 0 aliphatic heterocycles. The van der Waals surface area contributed by atoms with Gasteiger partial charge < -0.3 is 13.7 Å². The second-order valence-electron chi connectivity index (χ2n) is 4.09. The Hall–Kier alpha value is -2.56. The molecule has 0 unspecified atom stereocenters. The SMILES string of the molecule is COC(=O)Cn1c(-c2ncco2)cc2ccccc21. The minimum absolute atomic E-state index is 0.127. The third kappa shape index (κ3) is 1.99. The normalized spacial score (nSPS) is 10.8. The van der Waals surface area contributed by atoms with E-state index in [1.54, 1.807) is 6.20 Å². The number of methoxy groups -OCH3 is 1. The summed E-state index contributed by atoms with van der Waals surface area (Å²) in [5.74, 6) is 0.175. The zero-order valence-electron chi connectivity index (χ0n) is 10.4. The Morgan fingerprint density at radius 2 is 2.26 bits per heavy atom. The molecule has 0 spiro atoms. The zero-order valence-corrected chi connectivity index (χ0v) is 10.4. The van der Waals surface area contributed by atoms with E-state index in [-0.39, 0.29) is 12.5 Å². The van der Waals surface area contributed by atoms with E-state index in [1.165, 1.54) is 13.4 Å². The van der Waals surface area contributed by atoms with Gasteiger partial charge in [-0.05, 0) is 12.1 Å². The Balaban J connectivity index is 2.19. The summed E-state index contributed by atoms with van der Waals surface area (Å²) in [6.45, 7) is 0.127. The first-order valence-corrected chi connectivity index (χ1v) is 5.84. The molecular formula is C14H12N2O3. The molecular weight excluding hydrogens is 244 g/mol. The predicted octanol–water partition coefficient (Wildman–Crippen LogP) is 2.47. The van der Waals surface area contributed by atoms with E-state index in [0.29, 0.717) is 5.89 Å². The quantitative estimate of drug-likeness (QED) is 0.675. The summed E-state index contributed by atoms with van der Waals surface area (Å²) < 4.78 is 11.9. The Morgan fingerprint density at radius 3 is 3.00 bits per heavy atom. The van der Waals surface area contributed by atoms with Gasteiger partial charge in [-0.15, -0.1) is 0 Å². The summed E-state index contributed by atoms with van der Waals surface area (Å²) in [5, 5.41) is 1.03. The van der Waals surface area contributed by atoms with E-state index in [1.807, 2.05) is 34.9 Å². The fourth-order valence-electron chi connectivity index (χ4n) is 2.10. The molecule has 96 valence electrons. The zero-order chi connectivity index (χ0) is 13.2. The molecule has 0 aliphatic rings. The third-order valence-corrected chi connectivity index (χ3v) is 2.98. The fourth-order valence-corrected chi connectivity index (χ4v) is 2.10. The van der Waals surface area contributed by atoms with Crippen molar-refractivity contribution in [2.75, 3.05) is 7.11 Å². The summed E-state index contributed by atoms with van der Waals surface area (Å²) in [5.41, 5.74) is 1.71. The molecule has 3 aromatic rings. The molecule has 2 heterocycles. The highest BCUT2D eigenvalue weighted by Gasteiger charge is 2.16. The number of esters is 1. The smallest absolute Gasteiger partial charge is 0.325 e. The van der Waals surface area contributed by atoms with E-state index in [4.69, 9.17) is 9.15 Å². The van der Waals surface area contributed by atoms with Gasteiger partial charge in [-0.25, -0.2) is 4.98 Å². The van der Waals surface area contributed by atoms with Crippen molar-refractivity contribution in [2.45, 2.75) is 6.54 Å². The van der Waals surface area contributed by atoms with E-state index >= 15 is 0 Å². The number of nitrogens with zero attached hydrogens (tertiary/aromatic N) is 2. The van der Waals surface area contributed by atoms with Gasteiger partial charge in [-0.3, -0.25) is 4.79 Å². The van der Waals surface area contributed by atoms with Gasteiger partial charge in [-0.2, -0.15) is 0 Å². The van der Waals surface area contributed by atoms with Crippen molar-refractivity contribution in [1.29, 1.82) is 0 Å². The van der Waals surface area contributed by atoms with Crippen molar-refractivity contribution in [1.82, 2.24) is 9.55 Å². The molecule has 2 aromatic heterocycles. The van der Waals surface area contributed by atoms with Gasteiger partial charge in [0.05, 0.1) is 13.3 Å². The summed E-state index contributed by atoms with van der Waals surface area (Å²) in [7, 11) is 1.37. The second kappa shape index (κ2) is 4.61. The summed E-state index contributed by atoms with van der Waals surface area (Å²) in [6.07, 6.45) is 3.09. The first-order chi connectivity index (χ1) is 9.29. The first-order valence-electron chi connectivity index (χ1n) is 5.84. The molecule has 0 amide bonds. The van der Waals surface area contributed by atoms with E-state index in [0.717, 1.165) is 16.6 Å². The number of ether oxygens (including phenoxy) is 1. The van der Waals surface area contributed by atoms with Crippen LogP contribution in [-0.4, -0.2) is 22.6 Å². The largest absolute Gasteiger partial charge is 0.468 e. The number of fused-ring (bicyclic) bond motifs is 1. The topological polar surface area (TPSA) is 57.3 Å². The lowest BCUT2D eigenvalue weighted by Gasteiger charge is -2.07. The lowest BCUT2D eigenvalue weighted by molar-refractivity contribution is -0.141. The van der Waals surface area contributed by atoms with E-state index in [2.05, 4.69) is 4.98 Å².